The number of hydrogen-bond donors (Lipinski definition) is 2. The van der Waals surface area contributed by atoms with E-state index in [2.05, 4.69) is 5.32 Å². The summed E-state index contributed by atoms with van der Waals surface area (Å²) in [6.45, 7) is 6.48. The van der Waals surface area contributed by atoms with Gasteiger partial charge in [-0.1, -0.05) is 91.0 Å². The third-order valence-corrected chi connectivity index (χ3v) is 8.06. The Hall–Kier alpha value is -2.80. The zero-order valence-electron chi connectivity index (χ0n) is 21.9. The van der Waals surface area contributed by atoms with Gasteiger partial charge in [-0.3, -0.25) is 19.2 Å². The largest absolute Gasteiger partial charge is 0.437 e. The molecule has 0 spiro atoms. The van der Waals surface area contributed by atoms with Crippen LogP contribution in [0.25, 0.3) is 0 Å². The smallest absolute Gasteiger partial charge is 0.395 e. The van der Waals surface area contributed by atoms with E-state index in [0.29, 0.717) is 6.41 Å². The van der Waals surface area contributed by atoms with Crippen LogP contribution in [0.5, 0.6) is 0 Å². The van der Waals surface area contributed by atoms with E-state index in [9.17, 15) is 14.5 Å². The lowest BCUT2D eigenvalue weighted by Crippen LogP contribution is -2.54. The monoisotopic (exact) mass is 524 g/mol. The van der Waals surface area contributed by atoms with E-state index >= 15 is 0 Å². The van der Waals surface area contributed by atoms with Crippen LogP contribution in [0.15, 0.2) is 91.0 Å². The van der Waals surface area contributed by atoms with Crippen molar-refractivity contribution in [2.75, 3.05) is 13.2 Å². The van der Waals surface area contributed by atoms with E-state index in [4.69, 9.17) is 9.05 Å². The Balaban J connectivity index is 2.11. The lowest BCUT2D eigenvalue weighted by Gasteiger charge is -2.41. The first-order valence-corrected chi connectivity index (χ1v) is 14.0. The molecule has 8 heteroatoms. The molecule has 0 fully saturated rings. The number of nitrogens with one attached hydrogen (secondary N) is 1. The Bertz CT molecular complexity index is 1030. The first-order chi connectivity index (χ1) is 17.7. The molecule has 0 bridgehead atoms. The molecule has 0 heterocycles. The lowest BCUT2D eigenvalue weighted by molar-refractivity contribution is -0.115. The van der Waals surface area contributed by atoms with Crippen LogP contribution in [-0.2, 0) is 23.9 Å². The average molecular weight is 525 g/mol. The van der Waals surface area contributed by atoms with Crippen molar-refractivity contribution in [2.45, 2.75) is 51.5 Å². The fraction of sp³-hybridized carbons (Fsp3) is 0.345. The maximum Gasteiger partial charge on any atom is 0.437 e. The number of benzene rings is 3. The Morgan fingerprint density at radius 1 is 0.811 bits per heavy atom. The van der Waals surface area contributed by atoms with Gasteiger partial charge < -0.3 is 5.11 Å². The second-order valence-electron chi connectivity index (χ2n) is 9.38. The van der Waals surface area contributed by atoms with Gasteiger partial charge in [-0.25, -0.2) is 9.24 Å². The Labute approximate surface area is 220 Å². The molecular formula is C29H37N2O5P. The van der Waals surface area contributed by atoms with Crippen LogP contribution in [-0.4, -0.2) is 47.6 Å². The van der Waals surface area contributed by atoms with Crippen molar-refractivity contribution in [2.24, 2.45) is 0 Å². The second-order valence-corrected chi connectivity index (χ2v) is 11.2. The van der Waals surface area contributed by atoms with Gasteiger partial charge in [0, 0.05) is 12.6 Å². The number of carbonyl (C=O) groups excluding carboxylic acids is 1. The number of aliphatic hydroxyl groups excluding tert-OH is 1. The Morgan fingerprint density at radius 2 is 1.19 bits per heavy atom. The van der Waals surface area contributed by atoms with E-state index in [1.807, 2.05) is 91.0 Å². The predicted molar refractivity (Wildman–Crippen MR) is 146 cm³/mol. The van der Waals surface area contributed by atoms with Crippen LogP contribution in [0.3, 0.4) is 0 Å². The summed E-state index contributed by atoms with van der Waals surface area (Å²) in [6.07, 6.45) is -0.417. The highest BCUT2D eigenvalue weighted by atomic mass is 31.2. The summed E-state index contributed by atoms with van der Waals surface area (Å²) in [5, 5.41) is 14.2. The van der Waals surface area contributed by atoms with E-state index in [1.54, 1.807) is 27.7 Å². The van der Waals surface area contributed by atoms with Gasteiger partial charge in [0.25, 0.3) is 0 Å². The number of hydrogen-bond acceptors (Lipinski definition) is 6. The molecule has 0 radical (unpaired) electrons. The van der Waals surface area contributed by atoms with Crippen molar-refractivity contribution in [3.8, 4) is 0 Å². The number of carbonyl (C=O) groups is 1. The molecule has 0 aliphatic carbocycles. The number of aliphatic hydroxyl groups is 1. The second kappa shape index (κ2) is 13.1. The van der Waals surface area contributed by atoms with Crippen LogP contribution in [0, 0.1) is 0 Å². The fourth-order valence-corrected chi connectivity index (χ4v) is 6.25. The number of amides is 1. The van der Waals surface area contributed by atoms with Crippen LogP contribution < -0.4 is 5.32 Å². The van der Waals surface area contributed by atoms with E-state index in [1.165, 1.54) is 0 Å². The molecular weight excluding hydrogens is 487 g/mol. The summed E-state index contributed by atoms with van der Waals surface area (Å²) in [4.78, 5) is 12.2. The summed E-state index contributed by atoms with van der Waals surface area (Å²) in [5.74, 6) is 0. The summed E-state index contributed by atoms with van der Waals surface area (Å²) in [6, 6.07) is 29.1. The Kier molecular flexibility index (Phi) is 10.2. The van der Waals surface area contributed by atoms with E-state index < -0.39 is 31.5 Å². The van der Waals surface area contributed by atoms with Crippen molar-refractivity contribution in [3.05, 3.63) is 108 Å². The van der Waals surface area contributed by atoms with Crippen LogP contribution in [0.4, 0.5) is 0 Å². The molecule has 0 saturated heterocycles. The molecule has 1 atom stereocenters. The van der Waals surface area contributed by atoms with Gasteiger partial charge in [0.05, 0.1) is 24.4 Å². The zero-order valence-corrected chi connectivity index (χ0v) is 22.8. The quantitative estimate of drug-likeness (QED) is 0.168. The highest BCUT2D eigenvalue weighted by Gasteiger charge is 2.41. The molecule has 7 nitrogen and oxygen atoms in total. The van der Waals surface area contributed by atoms with Gasteiger partial charge in [0.1, 0.15) is 0 Å². The van der Waals surface area contributed by atoms with Gasteiger partial charge in [-0.05, 0) is 44.4 Å². The first-order valence-electron chi connectivity index (χ1n) is 12.5. The Morgan fingerprint density at radius 3 is 1.49 bits per heavy atom. The average Bonchev–Trinajstić information content (AvgIpc) is 2.89. The summed E-state index contributed by atoms with van der Waals surface area (Å²) in [7, 11) is -3.98. The normalized spacial score (nSPS) is 13.1. The van der Waals surface area contributed by atoms with Gasteiger partial charge >= 0.3 is 7.75 Å². The molecule has 0 aliphatic rings. The van der Waals surface area contributed by atoms with E-state index in [-0.39, 0.29) is 13.2 Å². The van der Waals surface area contributed by atoms with Gasteiger partial charge in [-0.15, -0.1) is 0 Å². The lowest BCUT2D eigenvalue weighted by atomic mass is 9.76. The van der Waals surface area contributed by atoms with Crippen molar-refractivity contribution in [3.63, 3.8) is 0 Å². The zero-order chi connectivity index (χ0) is 26.9. The third-order valence-electron chi connectivity index (χ3n) is 5.79. The molecule has 3 aromatic rings. The minimum Gasteiger partial charge on any atom is -0.395 e. The molecule has 3 rings (SSSR count). The molecule has 198 valence electrons. The summed E-state index contributed by atoms with van der Waals surface area (Å²) < 4.78 is 26.1. The standard InChI is InChI=1S/C29H37N2O5P/c1-23(2)35-37(34,36-24(3)4)31(22-33)20-28(21-32)30-29(25-14-8-5-9-15-25,26-16-10-6-11-17-26)27-18-12-7-13-19-27/h5-19,22-24,28,30,32H,20-21H2,1-4H3/t28-/m0/s1. The van der Waals surface area contributed by atoms with Crippen LogP contribution in [0.1, 0.15) is 44.4 Å². The molecule has 2 N–H and O–H groups in total. The van der Waals surface area contributed by atoms with Crippen LogP contribution in [0.2, 0.25) is 0 Å². The maximum atomic E-state index is 13.7. The minimum atomic E-state index is -3.98. The minimum absolute atomic E-state index is 0.106. The molecule has 37 heavy (non-hydrogen) atoms. The van der Waals surface area contributed by atoms with Crippen molar-refractivity contribution >= 4 is 14.2 Å². The van der Waals surface area contributed by atoms with Crippen molar-refractivity contribution in [1.29, 1.82) is 0 Å². The molecule has 3 aromatic carbocycles. The van der Waals surface area contributed by atoms with Gasteiger partial charge in [0.2, 0.25) is 6.41 Å². The molecule has 0 saturated carbocycles. The maximum absolute atomic E-state index is 13.7. The van der Waals surface area contributed by atoms with Crippen LogP contribution >= 0.6 is 7.75 Å². The SMILES string of the molecule is CC(C)OP(=O)(OC(C)C)N(C=O)C[C@@H](CO)NC(c1ccccc1)(c1ccccc1)c1ccccc1. The van der Waals surface area contributed by atoms with Gasteiger partial charge in [-0.2, -0.15) is 0 Å². The summed E-state index contributed by atoms with van der Waals surface area (Å²) in [5.41, 5.74) is 1.96. The van der Waals surface area contributed by atoms with E-state index in [0.717, 1.165) is 21.4 Å². The molecule has 0 aromatic heterocycles. The predicted octanol–water partition coefficient (Wildman–Crippen LogP) is 5.35. The number of nitrogens with zero attached hydrogens (tertiary/aromatic N) is 1. The highest BCUT2D eigenvalue weighted by molar-refractivity contribution is 7.52. The topological polar surface area (TPSA) is 88.1 Å². The van der Waals surface area contributed by atoms with Gasteiger partial charge in [0.15, 0.2) is 0 Å². The van der Waals surface area contributed by atoms with Crippen molar-refractivity contribution < 1.29 is 23.5 Å². The third kappa shape index (κ3) is 6.95. The molecule has 0 aliphatic heterocycles. The molecule has 0 unspecified atom stereocenters. The number of rotatable bonds is 14. The fourth-order valence-electron chi connectivity index (χ4n) is 4.38. The highest BCUT2D eigenvalue weighted by Crippen LogP contribution is 2.53. The van der Waals surface area contributed by atoms with Crippen molar-refractivity contribution in [1.82, 2.24) is 9.99 Å². The first kappa shape index (κ1) is 28.8. The molecule has 1 amide bonds. The summed E-state index contributed by atoms with van der Waals surface area (Å²) >= 11 is 0.